The second-order valence-corrected chi connectivity index (χ2v) is 6.39. The molecule has 3 rings (SSSR count). The van der Waals surface area contributed by atoms with E-state index in [0.717, 1.165) is 31.2 Å². The predicted octanol–water partition coefficient (Wildman–Crippen LogP) is 3.40. The molecule has 0 bridgehead atoms. The maximum Gasteiger partial charge on any atom is 0.308 e. The summed E-state index contributed by atoms with van der Waals surface area (Å²) in [5.74, 6) is 0.940. The van der Waals surface area contributed by atoms with Crippen LogP contribution in [-0.4, -0.2) is 28.2 Å². The van der Waals surface area contributed by atoms with Crippen molar-refractivity contribution in [3.63, 3.8) is 0 Å². The molecule has 122 valence electrons. The lowest BCUT2D eigenvalue weighted by molar-refractivity contribution is -0.146. The van der Waals surface area contributed by atoms with Crippen molar-refractivity contribution in [3.8, 4) is 5.88 Å². The average Bonchev–Trinajstić information content (AvgIpc) is 2.53. The van der Waals surface area contributed by atoms with Crippen LogP contribution in [-0.2, 0) is 9.53 Å². The maximum absolute atomic E-state index is 11.7. The molecule has 1 aromatic heterocycles. The van der Waals surface area contributed by atoms with Gasteiger partial charge >= 0.3 is 5.97 Å². The molecule has 0 atom stereocenters. The Bertz CT molecular complexity index is 750. The van der Waals surface area contributed by atoms with Crippen molar-refractivity contribution in [2.75, 3.05) is 7.11 Å². The highest BCUT2D eigenvalue weighted by Gasteiger charge is 2.28. The highest BCUT2D eigenvalue weighted by atomic mass is 16.5. The molecule has 5 heteroatoms. The third-order valence-corrected chi connectivity index (χ3v) is 4.88. The van der Waals surface area contributed by atoms with E-state index in [-0.39, 0.29) is 17.8 Å². The van der Waals surface area contributed by atoms with Crippen molar-refractivity contribution in [2.24, 2.45) is 5.92 Å². The molecule has 1 N–H and O–H groups in total. The van der Waals surface area contributed by atoms with E-state index in [1.54, 1.807) is 6.92 Å². The topological polar surface area (TPSA) is 72.3 Å². The molecule has 0 radical (unpaired) electrons. The molecule has 1 aliphatic carbocycles. The number of nitrogens with zero attached hydrogens (tertiary/aromatic N) is 2. The average molecular weight is 314 g/mol. The molecule has 0 spiro atoms. The molecule has 23 heavy (non-hydrogen) atoms. The summed E-state index contributed by atoms with van der Waals surface area (Å²) in [6.07, 6.45) is 3.62. The number of rotatable bonds is 2. The van der Waals surface area contributed by atoms with Crippen LogP contribution in [0.5, 0.6) is 5.88 Å². The van der Waals surface area contributed by atoms with Crippen LogP contribution in [0.1, 0.15) is 48.6 Å². The summed E-state index contributed by atoms with van der Waals surface area (Å²) >= 11 is 0. The first-order chi connectivity index (χ1) is 11.0. The predicted molar refractivity (Wildman–Crippen MR) is 87.4 cm³/mol. The van der Waals surface area contributed by atoms with E-state index in [9.17, 15) is 9.90 Å². The van der Waals surface area contributed by atoms with Crippen LogP contribution in [0.25, 0.3) is 10.9 Å². The fourth-order valence-electron chi connectivity index (χ4n) is 3.64. The molecule has 0 amide bonds. The Morgan fingerprint density at radius 3 is 2.52 bits per heavy atom. The minimum absolute atomic E-state index is 0.0244. The zero-order valence-corrected chi connectivity index (χ0v) is 13.8. The normalized spacial score (nSPS) is 21.3. The van der Waals surface area contributed by atoms with E-state index in [1.807, 2.05) is 12.1 Å². The number of carbonyl (C=O) groups excluding carboxylic acids is 1. The van der Waals surface area contributed by atoms with E-state index in [1.165, 1.54) is 18.2 Å². The summed E-state index contributed by atoms with van der Waals surface area (Å²) in [6, 6.07) is 4.04. The lowest BCUT2D eigenvalue weighted by Gasteiger charge is -2.28. The van der Waals surface area contributed by atoms with E-state index in [4.69, 9.17) is 4.74 Å². The second kappa shape index (κ2) is 6.14. The van der Waals surface area contributed by atoms with E-state index < -0.39 is 0 Å². The van der Waals surface area contributed by atoms with Gasteiger partial charge in [0.2, 0.25) is 5.88 Å². The monoisotopic (exact) mass is 314 g/mol. The van der Waals surface area contributed by atoms with Gasteiger partial charge in [0.1, 0.15) is 5.82 Å². The first-order valence-electron chi connectivity index (χ1n) is 8.05. The zero-order valence-electron chi connectivity index (χ0n) is 13.8. The fourth-order valence-corrected chi connectivity index (χ4v) is 3.64. The van der Waals surface area contributed by atoms with Crippen LogP contribution in [0.4, 0.5) is 0 Å². The van der Waals surface area contributed by atoms with Crippen LogP contribution in [0.15, 0.2) is 12.1 Å². The number of methoxy groups -OCH3 is 1. The standard InChI is InChI=1S/C18H22N2O3/c1-10-8-16-15(17(21)20-11(2)19-16)9-14(10)12-4-6-13(7-5-12)18(22)23-3/h8-9,12-13H,4-7H2,1-3H3,(H,19,20,21). The smallest absolute Gasteiger partial charge is 0.308 e. The van der Waals surface area contributed by atoms with Crippen molar-refractivity contribution in [2.45, 2.75) is 45.4 Å². The minimum atomic E-state index is -0.0970. The van der Waals surface area contributed by atoms with Crippen LogP contribution in [0.3, 0.4) is 0 Å². The van der Waals surface area contributed by atoms with Gasteiger partial charge in [0, 0.05) is 0 Å². The molecule has 1 fully saturated rings. The molecule has 0 saturated heterocycles. The Morgan fingerprint density at radius 2 is 1.87 bits per heavy atom. The van der Waals surface area contributed by atoms with Crippen molar-refractivity contribution < 1.29 is 14.6 Å². The lowest BCUT2D eigenvalue weighted by Crippen LogP contribution is -2.22. The molecule has 0 unspecified atom stereocenters. The van der Waals surface area contributed by atoms with Crippen LogP contribution < -0.4 is 0 Å². The van der Waals surface area contributed by atoms with Gasteiger partial charge in [-0.3, -0.25) is 4.79 Å². The van der Waals surface area contributed by atoms with Crippen LogP contribution in [0.2, 0.25) is 0 Å². The molecule has 1 aliphatic rings. The van der Waals surface area contributed by atoms with Gasteiger partial charge < -0.3 is 9.84 Å². The maximum atomic E-state index is 11.7. The number of benzene rings is 1. The molecular formula is C18H22N2O3. The van der Waals surface area contributed by atoms with Gasteiger partial charge in [-0.15, -0.1) is 0 Å². The Hall–Kier alpha value is -2.17. The number of fused-ring (bicyclic) bond motifs is 1. The molecule has 5 nitrogen and oxygen atoms in total. The van der Waals surface area contributed by atoms with Gasteiger partial charge in [0.15, 0.2) is 0 Å². The second-order valence-electron chi connectivity index (χ2n) is 6.39. The van der Waals surface area contributed by atoms with Crippen LogP contribution >= 0.6 is 0 Å². The first-order valence-corrected chi connectivity index (χ1v) is 8.05. The Morgan fingerprint density at radius 1 is 1.17 bits per heavy atom. The zero-order chi connectivity index (χ0) is 16.6. The number of carbonyl (C=O) groups is 1. The Labute approximate surface area is 135 Å². The fraction of sp³-hybridized carbons (Fsp3) is 0.500. The van der Waals surface area contributed by atoms with Crippen molar-refractivity contribution in [3.05, 3.63) is 29.1 Å². The third kappa shape index (κ3) is 3.00. The van der Waals surface area contributed by atoms with E-state index in [0.29, 0.717) is 17.1 Å². The molecule has 1 heterocycles. The van der Waals surface area contributed by atoms with Gasteiger partial charge in [-0.1, -0.05) is 0 Å². The number of ether oxygens (including phenoxy) is 1. The molecule has 2 aromatic rings. The number of aromatic hydroxyl groups is 1. The van der Waals surface area contributed by atoms with E-state index >= 15 is 0 Å². The van der Waals surface area contributed by atoms with Crippen LogP contribution in [0, 0.1) is 19.8 Å². The van der Waals surface area contributed by atoms with Gasteiger partial charge in [-0.2, -0.15) is 4.98 Å². The molecule has 1 aromatic carbocycles. The summed E-state index contributed by atoms with van der Waals surface area (Å²) in [5, 5.41) is 10.8. The molecular weight excluding hydrogens is 292 g/mol. The van der Waals surface area contributed by atoms with E-state index in [2.05, 4.69) is 16.9 Å². The van der Waals surface area contributed by atoms with Crippen molar-refractivity contribution >= 4 is 16.9 Å². The largest absolute Gasteiger partial charge is 0.493 e. The molecule has 1 saturated carbocycles. The highest BCUT2D eigenvalue weighted by molar-refractivity contribution is 5.85. The Balaban J connectivity index is 1.89. The highest BCUT2D eigenvalue weighted by Crippen LogP contribution is 2.39. The first kappa shape index (κ1) is 15.7. The lowest BCUT2D eigenvalue weighted by atomic mass is 9.77. The van der Waals surface area contributed by atoms with Gasteiger partial charge in [-0.05, 0) is 68.7 Å². The number of aromatic nitrogens is 2. The quantitative estimate of drug-likeness (QED) is 0.860. The summed E-state index contributed by atoms with van der Waals surface area (Å²) in [5.41, 5.74) is 3.18. The van der Waals surface area contributed by atoms with Crippen molar-refractivity contribution in [1.29, 1.82) is 0 Å². The summed E-state index contributed by atoms with van der Waals surface area (Å²) in [6.45, 7) is 3.85. The van der Waals surface area contributed by atoms with Gasteiger partial charge in [-0.25, -0.2) is 4.98 Å². The Kier molecular flexibility index (Phi) is 4.20. The summed E-state index contributed by atoms with van der Waals surface area (Å²) in [7, 11) is 1.45. The SMILES string of the molecule is COC(=O)C1CCC(c2cc3c(O)nc(C)nc3cc2C)CC1. The third-order valence-electron chi connectivity index (χ3n) is 4.88. The van der Waals surface area contributed by atoms with Crippen molar-refractivity contribution in [1.82, 2.24) is 9.97 Å². The number of esters is 1. The summed E-state index contributed by atoms with van der Waals surface area (Å²) in [4.78, 5) is 20.1. The number of hydrogen-bond acceptors (Lipinski definition) is 5. The number of hydrogen-bond donors (Lipinski definition) is 1. The minimum Gasteiger partial charge on any atom is -0.493 e. The number of aryl methyl sites for hydroxylation is 2. The summed E-state index contributed by atoms with van der Waals surface area (Å²) < 4.78 is 4.85. The van der Waals surface area contributed by atoms with Gasteiger partial charge in [0.25, 0.3) is 0 Å². The van der Waals surface area contributed by atoms with Gasteiger partial charge in [0.05, 0.1) is 23.9 Å². The molecule has 0 aliphatic heterocycles.